The molecule has 0 aliphatic carbocycles. The Bertz CT molecular complexity index is 363. The second kappa shape index (κ2) is 7.55. The average Bonchev–Trinajstić information content (AvgIpc) is 2.79. The molecule has 0 radical (unpaired) electrons. The number of aromatic nitrogens is 1. The largest absolute Gasteiger partial charge is 0.411 e. The summed E-state index contributed by atoms with van der Waals surface area (Å²) >= 11 is 0. The molecule has 0 fully saturated rings. The first-order valence-electron chi connectivity index (χ1n) is 6.43. The predicted molar refractivity (Wildman–Crippen MR) is 68.0 cm³/mol. The lowest BCUT2D eigenvalue weighted by Crippen LogP contribution is -2.19. The summed E-state index contributed by atoms with van der Waals surface area (Å²) in [6.07, 6.45) is 1.68. The molecular weight excluding hydrogens is 257 g/mol. The van der Waals surface area contributed by atoms with Crippen LogP contribution in [0, 0.1) is 0 Å². The lowest BCUT2D eigenvalue weighted by atomic mass is 10.1. The summed E-state index contributed by atoms with van der Waals surface area (Å²) in [5.41, 5.74) is 1.15. The zero-order valence-electron chi connectivity index (χ0n) is 11.3. The normalized spacial score (nSPS) is 13.7. The monoisotopic (exact) mass is 278 g/mol. The third-order valence-corrected chi connectivity index (χ3v) is 2.86. The molecule has 1 unspecified atom stereocenters. The van der Waals surface area contributed by atoms with E-state index in [-0.39, 0.29) is 6.61 Å². The fourth-order valence-corrected chi connectivity index (χ4v) is 1.93. The van der Waals surface area contributed by atoms with Crippen LogP contribution < -0.4 is 5.32 Å². The summed E-state index contributed by atoms with van der Waals surface area (Å²) < 4.78 is 42.1. The maximum atomic E-state index is 11.9. The first-order chi connectivity index (χ1) is 8.96. The average molecular weight is 278 g/mol. The van der Waals surface area contributed by atoms with Crippen LogP contribution in [0.15, 0.2) is 18.5 Å². The molecule has 0 bridgehead atoms. The van der Waals surface area contributed by atoms with Crippen LogP contribution >= 0.6 is 0 Å². The van der Waals surface area contributed by atoms with Crippen molar-refractivity contribution in [3.8, 4) is 0 Å². The van der Waals surface area contributed by atoms with Crippen LogP contribution in [-0.2, 0) is 11.3 Å². The second-order valence-electron chi connectivity index (χ2n) is 4.48. The lowest BCUT2D eigenvalue weighted by molar-refractivity contribution is -0.174. The van der Waals surface area contributed by atoms with Gasteiger partial charge >= 0.3 is 6.18 Å². The minimum absolute atomic E-state index is 0.0611. The van der Waals surface area contributed by atoms with Gasteiger partial charge in [-0.3, -0.25) is 0 Å². The summed E-state index contributed by atoms with van der Waals surface area (Å²) in [5.74, 6) is 0. The molecule has 0 saturated heterocycles. The van der Waals surface area contributed by atoms with Gasteiger partial charge in [0.05, 0.1) is 6.61 Å². The summed E-state index contributed by atoms with van der Waals surface area (Å²) in [5, 5.41) is 3.23. The van der Waals surface area contributed by atoms with Crippen LogP contribution in [0.3, 0.4) is 0 Å². The predicted octanol–water partition coefficient (Wildman–Crippen LogP) is 3.13. The number of nitrogens with one attached hydrogen (secondary N) is 1. The standard InChI is InChI=1S/C13H21F3N2O/c1-3-4-12(17-2)11-5-6-18(9-11)7-8-19-10-13(14,15)16/h5-6,9,12,17H,3-4,7-8,10H2,1-2H3. The van der Waals surface area contributed by atoms with E-state index in [9.17, 15) is 13.2 Å². The first kappa shape index (κ1) is 16.0. The minimum Gasteiger partial charge on any atom is -0.370 e. The Kier molecular flexibility index (Phi) is 6.37. The number of halogens is 3. The van der Waals surface area contributed by atoms with Crippen molar-refractivity contribution >= 4 is 0 Å². The van der Waals surface area contributed by atoms with Gasteiger partial charge in [-0.2, -0.15) is 13.2 Å². The Morgan fingerprint density at radius 2 is 2.16 bits per heavy atom. The number of hydrogen-bond donors (Lipinski definition) is 1. The highest BCUT2D eigenvalue weighted by molar-refractivity contribution is 5.15. The minimum atomic E-state index is -4.25. The Hall–Kier alpha value is -1.01. The van der Waals surface area contributed by atoms with Gasteiger partial charge in [0.2, 0.25) is 0 Å². The quantitative estimate of drug-likeness (QED) is 0.739. The molecule has 0 aromatic carbocycles. The molecule has 0 aliphatic heterocycles. The van der Waals surface area contributed by atoms with Gasteiger partial charge in [0, 0.05) is 25.0 Å². The van der Waals surface area contributed by atoms with Gasteiger partial charge in [0.15, 0.2) is 0 Å². The molecule has 19 heavy (non-hydrogen) atoms. The van der Waals surface area contributed by atoms with E-state index in [0.29, 0.717) is 12.6 Å². The van der Waals surface area contributed by atoms with Crippen molar-refractivity contribution in [2.75, 3.05) is 20.3 Å². The molecule has 6 heteroatoms. The number of alkyl halides is 3. The van der Waals surface area contributed by atoms with Gasteiger partial charge in [-0.25, -0.2) is 0 Å². The molecule has 0 amide bonds. The Balaban J connectivity index is 2.38. The van der Waals surface area contributed by atoms with E-state index in [4.69, 9.17) is 0 Å². The van der Waals surface area contributed by atoms with Crippen molar-refractivity contribution in [2.45, 2.75) is 38.5 Å². The van der Waals surface area contributed by atoms with Gasteiger partial charge in [-0.15, -0.1) is 0 Å². The molecule has 1 aromatic rings. The Morgan fingerprint density at radius 3 is 2.74 bits per heavy atom. The van der Waals surface area contributed by atoms with Gasteiger partial charge in [0.1, 0.15) is 6.61 Å². The molecule has 1 N–H and O–H groups in total. The summed E-state index contributed by atoms with van der Waals surface area (Å²) in [6, 6.07) is 2.28. The second-order valence-corrected chi connectivity index (χ2v) is 4.48. The van der Waals surface area contributed by atoms with Crippen LogP contribution in [0.5, 0.6) is 0 Å². The molecule has 0 aliphatic rings. The van der Waals surface area contributed by atoms with E-state index >= 15 is 0 Å². The molecule has 1 rings (SSSR count). The number of rotatable bonds is 8. The van der Waals surface area contributed by atoms with Crippen molar-refractivity contribution in [1.29, 1.82) is 0 Å². The number of hydrogen-bond acceptors (Lipinski definition) is 2. The third kappa shape index (κ3) is 6.11. The third-order valence-electron chi connectivity index (χ3n) is 2.86. The van der Waals surface area contributed by atoms with E-state index < -0.39 is 12.8 Å². The zero-order valence-corrected chi connectivity index (χ0v) is 11.3. The van der Waals surface area contributed by atoms with Gasteiger partial charge in [-0.05, 0) is 25.1 Å². The summed E-state index contributed by atoms with van der Waals surface area (Å²) in [4.78, 5) is 0. The van der Waals surface area contributed by atoms with Crippen LogP contribution in [0.2, 0.25) is 0 Å². The van der Waals surface area contributed by atoms with Crippen molar-refractivity contribution < 1.29 is 17.9 Å². The maximum Gasteiger partial charge on any atom is 0.411 e. The highest BCUT2D eigenvalue weighted by Gasteiger charge is 2.27. The van der Waals surface area contributed by atoms with E-state index in [1.807, 2.05) is 30.1 Å². The number of nitrogens with zero attached hydrogens (tertiary/aromatic N) is 1. The van der Waals surface area contributed by atoms with Gasteiger partial charge in [0.25, 0.3) is 0 Å². The summed E-state index contributed by atoms with van der Waals surface area (Å²) in [6.45, 7) is 1.42. The molecule has 3 nitrogen and oxygen atoms in total. The summed E-state index contributed by atoms with van der Waals surface area (Å²) in [7, 11) is 1.91. The molecule has 0 saturated carbocycles. The van der Waals surface area contributed by atoms with E-state index in [0.717, 1.165) is 18.4 Å². The Morgan fingerprint density at radius 1 is 1.42 bits per heavy atom. The molecular formula is C13H21F3N2O. The van der Waals surface area contributed by atoms with Gasteiger partial charge in [-0.1, -0.05) is 13.3 Å². The molecule has 1 heterocycles. The molecule has 0 spiro atoms. The van der Waals surface area contributed by atoms with Crippen molar-refractivity contribution in [3.63, 3.8) is 0 Å². The topological polar surface area (TPSA) is 26.2 Å². The van der Waals surface area contributed by atoms with Gasteiger partial charge < -0.3 is 14.6 Å². The van der Waals surface area contributed by atoms with Crippen LogP contribution in [0.4, 0.5) is 13.2 Å². The van der Waals surface area contributed by atoms with E-state index in [1.54, 1.807) is 0 Å². The van der Waals surface area contributed by atoms with Crippen molar-refractivity contribution in [1.82, 2.24) is 9.88 Å². The van der Waals surface area contributed by atoms with E-state index in [2.05, 4.69) is 17.0 Å². The van der Waals surface area contributed by atoms with E-state index in [1.165, 1.54) is 0 Å². The van der Waals surface area contributed by atoms with Crippen LogP contribution in [0.1, 0.15) is 31.4 Å². The zero-order chi connectivity index (χ0) is 14.3. The highest BCUT2D eigenvalue weighted by Crippen LogP contribution is 2.18. The molecule has 110 valence electrons. The first-order valence-corrected chi connectivity index (χ1v) is 6.43. The molecule has 1 atom stereocenters. The van der Waals surface area contributed by atoms with Crippen molar-refractivity contribution in [2.24, 2.45) is 0 Å². The Labute approximate surface area is 111 Å². The highest BCUT2D eigenvalue weighted by atomic mass is 19.4. The fourth-order valence-electron chi connectivity index (χ4n) is 1.93. The van der Waals surface area contributed by atoms with Crippen molar-refractivity contribution in [3.05, 3.63) is 24.0 Å². The number of ether oxygens (including phenoxy) is 1. The molecule has 1 aromatic heterocycles. The lowest BCUT2D eigenvalue weighted by Gasteiger charge is -2.13. The SMILES string of the molecule is CCCC(NC)c1ccn(CCOCC(F)(F)F)c1. The van der Waals surface area contributed by atoms with Crippen LogP contribution in [-0.4, -0.2) is 31.0 Å². The van der Waals surface area contributed by atoms with Crippen LogP contribution in [0.25, 0.3) is 0 Å². The fraction of sp³-hybridized carbons (Fsp3) is 0.692. The maximum absolute atomic E-state index is 11.9. The smallest absolute Gasteiger partial charge is 0.370 e.